The number of rotatable bonds is 0. The molecule has 0 aromatic carbocycles. The number of hydrogen-bond acceptors (Lipinski definition) is 4. The Morgan fingerprint density at radius 3 is 2.50 bits per heavy atom. The summed E-state index contributed by atoms with van der Waals surface area (Å²) >= 11 is 0. The molecule has 0 saturated carbocycles. The summed E-state index contributed by atoms with van der Waals surface area (Å²) in [7, 11) is 0. The van der Waals surface area contributed by atoms with Crippen molar-refractivity contribution in [3.8, 4) is 5.88 Å². The van der Waals surface area contributed by atoms with Gasteiger partial charge in [0.2, 0.25) is 11.8 Å². The third-order valence-corrected chi connectivity index (χ3v) is 2.16. The molecule has 102 valence electrons. The minimum Gasteiger partial charge on any atom is -0.491 e. The Morgan fingerprint density at radius 2 is 2.00 bits per heavy atom. The minimum atomic E-state index is -4.58. The number of alkyl halides is 3. The maximum absolute atomic E-state index is 12.9. The Labute approximate surface area is 99.1 Å². The second kappa shape index (κ2) is 4.83. The van der Waals surface area contributed by atoms with Crippen molar-refractivity contribution in [3.05, 3.63) is 16.2 Å². The Balaban J connectivity index is 0.000000771. The van der Waals surface area contributed by atoms with Crippen molar-refractivity contribution in [1.82, 2.24) is 9.55 Å². The van der Waals surface area contributed by atoms with E-state index in [0.29, 0.717) is 4.57 Å². The van der Waals surface area contributed by atoms with Crippen LogP contribution in [0.5, 0.6) is 5.88 Å². The number of hydrogen-bond donors (Lipinski definition) is 2. The number of anilines is 1. The average Bonchev–Trinajstić information content (AvgIpc) is 2.72. The van der Waals surface area contributed by atoms with E-state index in [2.05, 4.69) is 4.98 Å². The summed E-state index contributed by atoms with van der Waals surface area (Å²) in [5.41, 5.74) is -1.33. The van der Waals surface area contributed by atoms with Gasteiger partial charge in [0.25, 0.3) is 11.4 Å². The number of aromatic hydroxyl groups is 1. The van der Waals surface area contributed by atoms with Gasteiger partial charge in [-0.1, -0.05) is 13.8 Å². The molecule has 0 aliphatic carbocycles. The Kier molecular flexibility index (Phi) is 3.82. The lowest BCUT2D eigenvalue weighted by Gasteiger charge is -2.13. The number of fused-ring (bicyclic) bond motifs is 1. The highest BCUT2D eigenvalue weighted by molar-refractivity contribution is 5.36. The van der Waals surface area contributed by atoms with Crippen LogP contribution in [0.1, 0.15) is 13.8 Å². The lowest BCUT2D eigenvalue weighted by atomic mass is 10.3. The van der Waals surface area contributed by atoms with E-state index in [1.807, 2.05) is 19.2 Å². The molecule has 1 aromatic rings. The Hall–Kier alpha value is -1.80. The molecule has 2 heterocycles. The van der Waals surface area contributed by atoms with E-state index >= 15 is 0 Å². The van der Waals surface area contributed by atoms with Crippen molar-refractivity contribution in [2.45, 2.75) is 32.6 Å². The second-order valence-electron chi connectivity index (χ2n) is 3.23. The van der Waals surface area contributed by atoms with Crippen LogP contribution < -0.4 is 10.9 Å². The van der Waals surface area contributed by atoms with Crippen molar-refractivity contribution >= 4 is 5.95 Å². The van der Waals surface area contributed by atoms with E-state index in [1.165, 1.54) is 0 Å². The molecule has 0 saturated heterocycles. The zero-order chi connectivity index (χ0) is 14.1. The molecule has 2 rings (SSSR count). The van der Waals surface area contributed by atoms with E-state index in [4.69, 9.17) is 5.11 Å². The first-order chi connectivity index (χ1) is 8.30. The van der Waals surface area contributed by atoms with Gasteiger partial charge in [-0.05, 0) is 0 Å². The molecule has 1 aliphatic rings. The largest absolute Gasteiger partial charge is 0.491 e. The van der Waals surface area contributed by atoms with Gasteiger partial charge in [0.05, 0.1) is 6.54 Å². The lowest BCUT2D eigenvalue weighted by Crippen LogP contribution is -2.35. The molecule has 9 heteroatoms. The summed E-state index contributed by atoms with van der Waals surface area (Å²) in [6, 6.07) is -2.01. The molecule has 0 bridgehead atoms. The highest BCUT2D eigenvalue weighted by Gasteiger charge is 2.44. The van der Waals surface area contributed by atoms with Gasteiger partial charge in [0, 0.05) is 0 Å². The molecule has 0 fully saturated rings. The summed E-state index contributed by atoms with van der Waals surface area (Å²) in [6.07, 6.45) is -4.58. The van der Waals surface area contributed by atoms with Crippen LogP contribution in [-0.2, 0) is 6.54 Å². The fraction of sp³-hybridized carbons (Fsp3) is 0.556. The van der Waals surface area contributed by atoms with Gasteiger partial charge in [0.15, 0.2) is 0 Å². The fourth-order valence-corrected chi connectivity index (χ4v) is 1.37. The molecule has 18 heavy (non-hydrogen) atoms. The van der Waals surface area contributed by atoms with Crippen molar-refractivity contribution in [3.63, 3.8) is 0 Å². The van der Waals surface area contributed by atoms with Gasteiger partial charge in [-0.25, -0.2) is 0 Å². The predicted molar refractivity (Wildman–Crippen MR) is 54.9 cm³/mol. The number of aromatic nitrogens is 2. The van der Waals surface area contributed by atoms with Crippen LogP contribution in [0.4, 0.5) is 23.5 Å². The third-order valence-electron chi connectivity index (χ3n) is 2.16. The van der Waals surface area contributed by atoms with Crippen LogP contribution in [0.3, 0.4) is 0 Å². The van der Waals surface area contributed by atoms with Gasteiger partial charge < -0.3 is 10.4 Å². The molecule has 0 amide bonds. The summed E-state index contributed by atoms with van der Waals surface area (Å²) in [5.74, 6) is -3.27. The Bertz CT molecular complexity index is 498. The van der Waals surface area contributed by atoms with Crippen LogP contribution in [-0.4, -0.2) is 26.9 Å². The molecule has 5 nitrogen and oxygen atoms in total. The van der Waals surface area contributed by atoms with E-state index in [0.717, 1.165) is 0 Å². The van der Waals surface area contributed by atoms with Gasteiger partial charge in [-0.3, -0.25) is 9.36 Å². The van der Waals surface area contributed by atoms with E-state index in [1.54, 1.807) is 0 Å². The van der Waals surface area contributed by atoms with Gasteiger partial charge in [0.1, 0.15) is 6.04 Å². The zero-order valence-electron chi connectivity index (χ0n) is 9.55. The zero-order valence-corrected chi connectivity index (χ0v) is 9.55. The second-order valence-corrected chi connectivity index (χ2v) is 3.23. The summed E-state index contributed by atoms with van der Waals surface area (Å²) in [5, 5.41) is 10.7. The summed E-state index contributed by atoms with van der Waals surface area (Å²) in [6.45, 7) is 3.24. The Morgan fingerprint density at radius 1 is 1.44 bits per heavy atom. The molecule has 1 aromatic heterocycles. The first kappa shape index (κ1) is 14.3. The maximum Gasteiger partial charge on any atom is 0.410 e. The van der Waals surface area contributed by atoms with Crippen molar-refractivity contribution in [1.29, 1.82) is 0 Å². The van der Waals surface area contributed by atoms with Crippen LogP contribution in [0.15, 0.2) is 4.79 Å². The third kappa shape index (κ3) is 2.39. The highest BCUT2D eigenvalue weighted by atomic mass is 19.4. The van der Waals surface area contributed by atoms with E-state index < -0.39 is 42.0 Å². The van der Waals surface area contributed by atoms with E-state index in [9.17, 15) is 22.4 Å². The van der Waals surface area contributed by atoms with E-state index in [-0.39, 0.29) is 0 Å². The standard InChI is InChI=1S/C7H5F4N3O2.C2H6/c8-3-4(15)13-6-12-2(7(9,10)11)1-14(6)5(3)16;1-2/h2,15H,1H2,(H,12,13);1-2H3. The monoisotopic (exact) mass is 269 g/mol. The first-order valence-electron chi connectivity index (χ1n) is 5.13. The number of halogens is 4. The smallest absolute Gasteiger partial charge is 0.410 e. The van der Waals surface area contributed by atoms with Crippen LogP contribution >= 0.6 is 0 Å². The lowest BCUT2D eigenvalue weighted by molar-refractivity contribution is -0.142. The molecule has 1 unspecified atom stereocenters. The predicted octanol–water partition coefficient (Wildman–Crippen LogP) is 1.47. The van der Waals surface area contributed by atoms with Crippen molar-refractivity contribution < 1.29 is 22.7 Å². The summed E-state index contributed by atoms with van der Waals surface area (Å²) < 4.78 is 50.2. The molecular formula is C9H11F4N3O2. The molecule has 1 atom stereocenters. The highest BCUT2D eigenvalue weighted by Crippen LogP contribution is 2.29. The average molecular weight is 269 g/mol. The fourth-order valence-electron chi connectivity index (χ4n) is 1.37. The van der Waals surface area contributed by atoms with Crippen molar-refractivity contribution in [2.75, 3.05) is 5.32 Å². The molecule has 1 aliphatic heterocycles. The van der Waals surface area contributed by atoms with Crippen LogP contribution in [0.2, 0.25) is 0 Å². The molecule has 0 spiro atoms. The maximum atomic E-state index is 12.9. The topological polar surface area (TPSA) is 67.1 Å². The number of nitrogens with zero attached hydrogens (tertiary/aromatic N) is 2. The molecular weight excluding hydrogens is 258 g/mol. The first-order valence-corrected chi connectivity index (χ1v) is 5.13. The van der Waals surface area contributed by atoms with Crippen LogP contribution in [0, 0.1) is 5.82 Å². The minimum absolute atomic E-state index is 0.493. The molecule has 0 radical (unpaired) electrons. The molecule has 2 N–H and O–H groups in total. The SMILES string of the molecule is CC.O=c1c(F)c(O)nc2n1CC(C(F)(F)F)N2. The van der Waals surface area contributed by atoms with Gasteiger partial charge in [-0.15, -0.1) is 0 Å². The van der Waals surface area contributed by atoms with Gasteiger partial charge in [-0.2, -0.15) is 22.5 Å². The van der Waals surface area contributed by atoms with Crippen LogP contribution in [0.25, 0.3) is 0 Å². The quantitative estimate of drug-likeness (QED) is 0.700. The van der Waals surface area contributed by atoms with Crippen molar-refractivity contribution in [2.24, 2.45) is 0 Å². The normalized spacial score (nSPS) is 17.6. The van der Waals surface area contributed by atoms with Gasteiger partial charge >= 0.3 is 6.18 Å². The summed E-state index contributed by atoms with van der Waals surface area (Å²) in [4.78, 5) is 14.2. The number of nitrogens with one attached hydrogen (secondary N) is 1.